The van der Waals surface area contributed by atoms with Gasteiger partial charge in [-0.2, -0.15) is 0 Å². The highest BCUT2D eigenvalue weighted by Gasteiger charge is 2.37. The number of nitrogens with zero attached hydrogens (tertiary/aromatic N) is 2. The lowest BCUT2D eigenvalue weighted by molar-refractivity contribution is 0.667. The van der Waals surface area contributed by atoms with Crippen LogP contribution in [0.4, 0.5) is 17.1 Å². The Labute approximate surface area is 289 Å². The minimum Gasteiger partial charge on any atom is -0.310 e. The molecule has 0 saturated carbocycles. The summed E-state index contributed by atoms with van der Waals surface area (Å²) in [5.74, 6) is 0. The first-order chi connectivity index (χ1) is 24.0. The Bertz CT molecular complexity index is 2700. The standard InChI is InChI=1S/C46H32N2S/c1-46(2)41-28-31-19-20-36(48(34-13-5-3-6-14-34)35-15-7-4-8-16-35)26-33(31)27-40(41)38-21-22-39-37(43(38)46)23-24-42-44(39)49-45(47-42)32-18-17-29-11-9-10-12-30(29)25-32/h3-28H,1-2H3. The van der Waals surface area contributed by atoms with Gasteiger partial charge in [0.1, 0.15) is 5.01 Å². The van der Waals surface area contributed by atoms with E-state index in [2.05, 4.69) is 176 Å². The van der Waals surface area contributed by atoms with Crippen LogP contribution in [0.3, 0.4) is 0 Å². The summed E-state index contributed by atoms with van der Waals surface area (Å²) in [4.78, 5) is 7.46. The quantitative estimate of drug-likeness (QED) is 0.189. The highest BCUT2D eigenvalue weighted by atomic mass is 32.1. The van der Waals surface area contributed by atoms with Gasteiger partial charge in [0.25, 0.3) is 0 Å². The van der Waals surface area contributed by atoms with E-state index in [1.807, 2.05) is 0 Å². The number of aromatic nitrogens is 1. The van der Waals surface area contributed by atoms with E-state index in [0.29, 0.717) is 0 Å². The van der Waals surface area contributed by atoms with Crippen molar-refractivity contribution in [3.05, 3.63) is 169 Å². The predicted octanol–water partition coefficient (Wildman–Crippen LogP) is 13.2. The summed E-state index contributed by atoms with van der Waals surface area (Å²) in [6.45, 7) is 4.78. The van der Waals surface area contributed by atoms with E-state index in [1.165, 1.54) is 64.8 Å². The average molecular weight is 645 g/mol. The van der Waals surface area contributed by atoms with E-state index in [-0.39, 0.29) is 5.41 Å². The second-order valence-corrected chi connectivity index (χ2v) is 14.6. The molecule has 0 N–H and O–H groups in total. The zero-order valence-corrected chi connectivity index (χ0v) is 28.1. The molecule has 1 aromatic heterocycles. The fourth-order valence-electron chi connectivity index (χ4n) is 8.03. The van der Waals surface area contributed by atoms with Gasteiger partial charge < -0.3 is 4.90 Å². The van der Waals surface area contributed by atoms with E-state index < -0.39 is 0 Å². The Kier molecular flexibility index (Phi) is 6.12. The molecule has 2 nitrogen and oxygen atoms in total. The first-order valence-corrected chi connectivity index (χ1v) is 17.7. The topological polar surface area (TPSA) is 16.1 Å². The van der Waals surface area contributed by atoms with Crippen LogP contribution in [0.2, 0.25) is 0 Å². The largest absolute Gasteiger partial charge is 0.310 e. The van der Waals surface area contributed by atoms with Crippen LogP contribution in [0, 0.1) is 0 Å². The van der Waals surface area contributed by atoms with Gasteiger partial charge in [-0.3, -0.25) is 0 Å². The lowest BCUT2D eigenvalue weighted by Crippen LogP contribution is -2.15. The minimum absolute atomic E-state index is 0.142. The molecule has 0 amide bonds. The highest BCUT2D eigenvalue weighted by Crippen LogP contribution is 2.53. The summed E-state index contributed by atoms with van der Waals surface area (Å²) in [6.07, 6.45) is 0. The summed E-state index contributed by atoms with van der Waals surface area (Å²) >= 11 is 1.80. The molecule has 1 heterocycles. The molecular formula is C46H32N2S. The number of thiazole rings is 1. The van der Waals surface area contributed by atoms with Crippen molar-refractivity contribution in [3.8, 4) is 21.7 Å². The molecule has 0 fully saturated rings. The summed E-state index contributed by atoms with van der Waals surface area (Å²) in [5.41, 5.74) is 11.0. The number of rotatable bonds is 4. The Morgan fingerprint density at radius 2 is 1.18 bits per heavy atom. The maximum absolute atomic E-state index is 5.13. The van der Waals surface area contributed by atoms with Gasteiger partial charge >= 0.3 is 0 Å². The van der Waals surface area contributed by atoms with Gasteiger partial charge in [0, 0.05) is 33.4 Å². The number of anilines is 3. The molecule has 3 heteroatoms. The molecule has 0 radical (unpaired) electrons. The molecule has 0 saturated heterocycles. The Balaban J connectivity index is 1.11. The Morgan fingerprint density at radius 1 is 0.510 bits per heavy atom. The maximum Gasteiger partial charge on any atom is 0.124 e. The lowest BCUT2D eigenvalue weighted by atomic mass is 9.80. The van der Waals surface area contributed by atoms with E-state index in [9.17, 15) is 0 Å². The molecular weight excluding hydrogens is 613 g/mol. The van der Waals surface area contributed by atoms with Crippen molar-refractivity contribution in [2.24, 2.45) is 0 Å². The zero-order chi connectivity index (χ0) is 32.7. The summed E-state index contributed by atoms with van der Waals surface area (Å²) in [6, 6.07) is 57.4. The monoisotopic (exact) mass is 644 g/mol. The number of benzene rings is 8. The second kappa shape index (κ2) is 10.6. The fraction of sp³-hybridized carbons (Fsp3) is 0.0652. The van der Waals surface area contributed by atoms with Gasteiger partial charge in [-0.25, -0.2) is 4.98 Å². The van der Waals surface area contributed by atoms with E-state index in [0.717, 1.165) is 27.6 Å². The third kappa shape index (κ3) is 4.36. The first kappa shape index (κ1) is 28.3. The summed E-state index contributed by atoms with van der Waals surface area (Å²) in [5, 5.41) is 8.68. The Hall–Kier alpha value is -5.77. The molecule has 0 atom stereocenters. The van der Waals surface area contributed by atoms with Crippen LogP contribution in [-0.2, 0) is 5.41 Å². The van der Waals surface area contributed by atoms with Crippen LogP contribution in [0.25, 0.3) is 64.2 Å². The molecule has 8 aromatic carbocycles. The van der Waals surface area contributed by atoms with Gasteiger partial charge in [-0.05, 0) is 110 Å². The molecule has 9 aromatic rings. The number of hydrogen-bond donors (Lipinski definition) is 0. The zero-order valence-electron chi connectivity index (χ0n) is 27.3. The van der Waals surface area contributed by atoms with Gasteiger partial charge in [0.2, 0.25) is 0 Å². The minimum atomic E-state index is -0.142. The first-order valence-electron chi connectivity index (χ1n) is 16.9. The molecule has 10 rings (SSSR count). The average Bonchev–Trinajstić information content (AvgIpc) is 3.68. The van der Waals surface area contributed by atoms with Gasteiger partial charge in [0.05, 0.1) is 10.2 Å². The van der Waals surface area contributed by atoms with Crippen molar-refractivity contribution in [1.29, 1.82) is 0 Å². The fourth-order valence-corrected chi connectivity index (χ4v) is 9.12. The SMILES string of the molecule is CC1(C)c2cc3ccc(N(c4ccccc4)c4ccccc4)cc3cc2-c2ccc3c(ccc4nc(-c5ccc6ccccc6c5)sc43)c21. The summed E-state index contributed by atoms with van der Waals surface area (Å²) < 4.78 is 1.26. The van der Waals surface area contributed by atoms with Crippen molar-refractivity contribution < 1.29 is 0 Å². The van der Waals surface area contributed by atoms with Crippen LogP contribution < -0.4 is 4.90 Å². The maximum atomic E-state index is 5.13. The number of fused-ring (bicyclic) bond motifs is 9. The summed E-state index contributed by atoms with van der Waals surface area (Å²) in [7, 11) is 0. The van der Waals surface area contributed by atoms with E-state index >= 15 is 0 Å². The van der Waals surface area contributed by atoms with Crippen molar-refractivity contribution in [2.75, 3.05) is 4.90 Å². The van der Waals surface area contributed by atoms with Gasteiger partial charge in [0.15, 0.2) is 0 Å². The third-order valence-electron chi connectivity index (χ3n) is 10.4. The van der Waals surface area contributed by atoms with Gasteiger partial charge in [-0.15, -0.1) is 11.3 Å². The van der Waals surface area contributed by atoms with Crippen LogP contribution >= 0.6 is 11.3 Å². The predicted molar refractivity (Wildman–Crippen MR) is 210 cm³/mol. The highest BCUT2D eigenvalue weighted by molar-refractivity contribution is 7.22. The molecule has 0 unspecified atom stereocenters. The Morgan fingerprint density at radius 3 is 1.96 bits per heavy atom. The van der Waals surface area contributed by atoms with Crippen LogP contribution in [0.5, 0.6) is 0 Å². The smallest absolute Gasteiger partial charge is 0.124 e. The van der Waals surface area contributed by atoms with Crippen molar-refractivity contribution in [2.45, 2.75) is 19.3 Å². The van der Waals surface area contributed by atoms with E-state index in [4.69, 9.17) is 4.98 Å². The van der Waals surface area contributed by atoms with Crippen LogP contribution in [0.1, 0.15) is 25.0 Å². The molecule has 1 aliphatic carbocycles. The molecule has 0 bridgehead atoms. The van der Waals surface area contributed by atoms with Crippen LogP contribution in [0.15, 0.2) is 158 Å². The number of hydrogen-bond acceptors (Lipinski definition) is 3. The molecule has 1 aliphatic rings. The van der Waals surface area contributed by atoms with E-state index in [1.54, 1.807) is 11.3 Å². The second-order valence-electron chi connectivity index (χ2n) is 13.6. The molecule has 232 valence electrons. The van der Waals surface area contributed by atoms with Crippen molar-refractivity contribution in [1.82, 2.24) is 4.98 Å². The molecule has 0 aliphatic heterocycles. The third-order valence-corrected chi connectivity index (χ3v) is 11.5. The molecule has 49 heavy (non-hydrogen) atoms. The normalized spacial score (nSPS) is 13.3. The lowest BCUT2D eigenvalue weighted by Gasteiger charge is -2.26. The van der Waals surface area contributed by atoms with Crippen molar-refractivity contribution >= 4 is 70.9 Å². The molecule has 0 spiro atoms. The van der Waals surface area contributed by atoms with Crippen molar-refractivity contribution in [3.63, 3.8) is 0 Å². The number of para-hydroxylation sites is 2. The van der Waals surface area contributed by atoms with Gasteiger partial charge in [-0.1, -0.05) is 111 Å². The van der Waals surface area contributed by atoms with Crippen LogP contribution in [-0.4, -0.2) is 4.98 Å².